The second-order valence-corrected chi connectivity index (χ2v) is 3.36. The van der Waals surface area contributed by atoms with Crippen molar-refractivity contribution in [2.75, 3.05) is 5.32 Å². The fourth-order valence-electron chi connectivity index (χ4n) is 1.63. The van der Waals surface area contributed by atoms with E-state index in [9.17, 15) is 4.39 Å². The molecule has 0 bridgehead atoms. The summed E-state index contributed by atoms with van der Waals surface area (Å²) in [6, 6.07) is 5.65. The first-order valence-electron chi connectivity index (χ1n) is 4.31. The molecule has 1 N–H and O–H groups in total. The van der Waals surface area contributed by atoms with Crippen LogP contribution in [-0.2, 0) is 6.42 Å². The van der Waals surface area contributed by atoms with Gasteiger partial charge in [0.1, 0.15) is 5.82 Å². The van der Waals surface area contributed by atoms with Crippen LogP contribution < -0.4 is 5.32 Å². The van der Waals surface area contributed by atoms with E-state index in [4.69, 9.17) is 0 Å². The molecule has 0 aromatic heterocycles. The number of aryl methyl sites for hydroxylation is 1. The van der Waals surface area contributed by atoms with Crippen LogP contribution in [0, 0.1) is 5.82 Å². The summed E-state index contributed by atoms with van der Waals surface area (Å²) in [7, 11) is 0. The molecule has 0 unspecified atom stereocenters. The van der Waals surface area contributed by atoms with Crippen molar-refractivity contribution in [3.63, 3.8) is 0 Å². The van der Waals surface area contributed by atoms with E-state index in [0.717, 1.165) is 18.4 Å². The molecule has 0 amide bonds. The van der Waals surface area contributed by atoms with Gasteiger partial charge in [0.25, 0.3) is 0 Å². The van der Waals surface area contributed by atoms with Crippen LogP contribution in [0.1, 0.15) is 18.9 Å². The average molecular weight is 165 g/mol. The fourth-order valence-corrected chi connectivity index (χ4v) is 1.63. The molecule has 1 aliphatic heterocycles. The number of hydrogen-bond donors (Lipinski definition) is 1. The summed E-state index contributed by atoms with van der Waals surface area (Å²) in [6.07, 6.45) is 2.08. The SMILES string of the molecule is C[C@H]1CCc2cccc(F)c2N1. The lowest BCUT2D eigenvalue weighted by molar-refractivity contribution is 0.606. The molecule has 1 aromatic rings. The fraction of sp³-hybridized carbons (Fsp3) is 0.400. The van der Waals surface area contributed by atoms with Crippen LogP contribution in [0.2, 0.25) is 0 Å². The number of benzene rings is 1. The van der Waals surface area contributed by atoms with Crippen molar-refractivity contribution in [3.05, 3.63) is 29.6 Å². The number of anilines is 1. The summed E-state index contributed by atoms with van der Waals surface area (Å²) in [5.41, 5.74) is 1.81. The Morgan fingerprint density at radius 1 is 1.50 bits per heavy atom. The third-order valence-corrected chi connectivity index (χ3v) is 2.34. The minimum Gasteiger partial charge on any atom is -0.380 e. The van der Waals surface area contributed by atoms with Crippen molar-refractivity contribution >= 4 is 5.69 Å². The van der Waals surface area contributed by atoms with Crippen molar-refractivity contribution in [3.8, 4) is 0 Å². The average Bonchev–Trinajstić information content (AvgIpc) is 2.07. The van der Waals surface area contributed by atoms with Gasteiger partial charge in [-0.05, 0) is 31.4 Å². The van der Waals surface area contributed by atoms with Crippen LogP contribution in [0.3, 0.4) is 0 Å². The number of fused-ring (bicyclic) bond motifs is 1. The molecular weight excluding hydrogens is 153 g/mol. The molecule has 0 radical (unpaired) electrons. The minimum absolute atomic E-state index is 0.126. The first kappa shape index (κ1) is 7.59. The third-order valence-electron chi connectivity index (χ3n) is 2.34. The van der Waals surface area contributed by atoms with Crippen molar-refractivity contribution in [1.29, 1.82) is 0 Å². The van der Waals surface area contributed by atoms with E-state index in [-0.39, 0.29) is 5.82 Å². The second kappa shape index (κ2) is 2.77. The lowest BCUT2D eigenvalue weighted by atomic mass is 9.99. The van der Waals surface area contributed by atoms with Crippen molar-refractivity contribution in [2.45, 2.75) is 25.8 Å². The van der Waals surface area contributed by atoms with Crippen molar-refractivity contribution < 1.29 is 4.39 Å². The monoisotopic (exact) mass is 165 g/mol. The van der Waals surface area contributed by atoms with E-state index in [1.54, 1.807) is 6.07 Å². The first-order chi connectivity index (χ1) is 5.77. The van der Waals surface area contributed by atoms with Crippen molar-refractivity contribution in [1.82, 2.24) is 0 Å². The maximum Gasteiger partial charge on any atom is 0.146 e. The molecule has 64 valence electrons. The maximum absolute atomic E-state index is 13.2. The lowest BCUT2D eigenvalue weighted by Gasteiger charge is -2.24. The molecule has 0 saturated heterocycles. The van der Waals surface area contributed by atoms with Gasteiger partial charge in [-0.15, -0.1) is 0 Å². The summed E-state index contributed by atoms with van der Waals surface area (Å²) in [5.74, 6) is -0.126. The second-order valence-electron chi connectivity index (χ2n) is 3.36. The van der Waals surface area contributed by atoms with Crippen molar-refractivity contribution in [2.24, 2.45) is 0 Å². The Morgan fingerprint density at radius 3 is 3.17 bits per heavy atom. The largest absolute Gasteiger partial charge is 0.380 e. The zero-order valence-electron chi connectivity index (χ0n) is 7.10. The highest BCUT2D eigenvalue weighted by molar-refractivity contribution is 5.54. The van der Waals surface area contributed by atoms with Gasteiger partial charge in [0.05, 0.1) is 5.69 Å². The molecule has 1 heterocycles. The topological polar surface area (TPSA) is 12.0 Å². The first-order valence-corrected chi connectivity index (χ1v) is 4.31. The smallest absolute Gasteiger partial charge is 0.146 e. The molecule has 0 aliphatic carbocycles. The maximum atomic E-state index is 13.2. The highest BCUT2D eigenvalue weighted by Crippen LogP contribution is 2.26. The molecule has 0 spiro atoms. The van der Waals surface area contributed by atoms with E-state index in [2.05, 4.69) is 12.2 Å². The van der Waals surface area contributed by atoms with Crippen LogP contribution in [0.25, 0.3) is 0 Å². The Kier molecular flexibility index (Phi) is 1.75. The Hall–Kier alpha value is -1.05. The van der Waals surface area contributed by atoms with Gasteiger partial charge in [0, 0.05) is 6.04 Å². The molecule has 12 heavy (non-hydrogen) atoms. The van der Waals surface area contributed by atoms with Gasteiger partial charge in [-0.3, -0.25) is 0 Å². The number of hydrogen-bond acceptors (Lipinski definition) is 1. The minimum atomic E-state index is -0.126. The van der Waals surface area contributed by atoms with Crippen LogP contribution in [-0.4, -0.2) is 6.04 Å². The Bertz CT molecular complexity index is 296. The molecule has 0 saturated carbocycles. The van der Waals surface area contributed by atoms with E-state index in [1.165, 1.54) is 6.07 Å². The lowest BCUT2D eigenvalue weighted by Crippen LogP contribution is -2.22. The van der Waals surface area contributed by atoms with Crippen LogP contribution in [0.5, 0.6) is 0 Å². The van der Waals surface area contributed by atoms with E-state index in [0.29, 0.717) is 11.7 Å². The number of rotatable bonds is 0. The van der Waals surface area contributed by atoms with Crippen LogP contribution >= 0.6 is 0 Å². The van der Waals surface area contributed by atoms with Gasteiger partial charge in [-0.1, -0.05) is 12.1 Å². The highest BCUT2D eigenvalue weighted by atomic mass is 19.1. The molecule has 1 aromatic carbocycles. The zero-order valence-corrected chi connectivity index (χ0v) is 7.10. The summed E-state index contributed by atoms with van der Waals surface area (Å²) in [5, 5.41) is 3.15. The molecule has 1 nitrogen and oxygen atoms in total. The molecule has 0 fully saturated rings. The Balaban J connectivity index is 2.43. The standard InChI is InChI=1S/C10H12FN/c1-7-5-6-8-3-2-4-9(11)10(8)12-7/h2-4,7,12H,5-6H2,1H3/t7-/m0/s1. The van der Waals surface area contributed by atoms with Gasteiger partial charge >= 0.3 is 0 Å². The molecule has 1 atom stereocenters. The predicted molar refractivity (Wildman–Crippen MR) is 47.8 cm³/mol. The number of para-hydroxylation sites is 1. The van der Waals surface area contributed by atoms with Gasteiger partial charge in [0.2, 0.25) is 0 Å². The number of halogens is 1. The van der Waals surface area contributed by atoms with Gasteiger partial charge in [-0.25, -0.2) is 4.39 Å². The molecule has 2 heteroatoms. The highest BCUT2D eigenvalue weighted by Gasteiger charge is 2.16. The normalized spacial score (nSPS) is 21.3. The molecule has 2 rings (SSSR count). The Labute approximate surface area is 71.6 Å². The zero-order chi connectivity index (χ0) is 8.55. The third kappa shape index (κ3) is 1.17. The van der Waals surface area contributed by atoms with E-state index < -0.39 is 0 Å². The van der Waals surface area contributed by atoms with Gasteiger partial charge in [-0.2, -0.15) is 0 Å². The summed E-state index contributed by atoms with van der Waals surface area (Å²) < 4.78 is 13.2. The summed E-state index contributed by atoms with van der Waals surface area (Å²) >= 11 is 0. The Morgan fingerprint density at radius 2 is 2.33 bits per heavy atom. The van der Waals surface area contributed by atoms with E-state index in [1.807, 2.05) is 6.07 Å². The predicted octanol–water partition coefficient (Wildman–Crippen LogP) is 2.57. The molecular formula is C10H12FN. The summed E-state index contributed by atoms with van der Waals surface area (Å²) in [6.45, 7) is 2.08. The van der Waals surface area contributed by atoms with Crippen LogP contribution in [0.4, 0.5) is 10.1 Å². The molecule has 1 aliphatic rings. The summed E-state index contributed by atoms with van der Waals surface area (Å²) in [4.78, 5) is 0. The quantitative estimate of drug-likeness (QED) is 0.623. The van der Waals surface area contributed by atoms with Crippen LogP contribution in [0.15, 0.2) is 18.2 Å². The number of nitrogens with one attached hydrogen (secondary N) is 1. The van der Waals surface area contributed by atoms with E-state index >= 15 is 0 Å². The van der Waals surface area contributed by atoms with Gasteiger partial charge in [0.15, 0.2) is 0 Å². The van der Waals surface area contributed by atoms with Gasteiger partial charge < -0.3 is 5.32 Å².